The van der Waals surface area contributed by atoms with Crippen molar-refractivity contribution in [1.82, 2.24) is 0 Å². The molecule has 14 heavy (non-hydrogen) atoms. The van der Waals surface area contributed by atoms with E-state index in [2.05, 4.69) is 0 Å². The second kappa shape index (κ2) is 3.65. The van der Waals surface area contributed by atoms with Crippen molar-refractivity contribution < 1.29 is 13.5 Å². The van der Waals surface area contributed by atoms with Crippen LogP contribution in [0, 0.1) is 11.6 Å². The molecule has 76 valence electrons. The Morgan fingerprint density at radius 2 is 2.14 bits per heavy atom. The van der Waals surface area contributed by atoms with Crippen molar-refractivity contribution >= 4 is 0 Å². The van der Waals surface area contributed by atoms with Gasteiger partial charge in [-0.2, -0.15) is 0 Å². The Balaban J connectivity index is 2.38. The summed E-state index contributed by atoms with van der Waals surface area (Å²) in [5.74, 6) is -1.47. The number of aryl methyl sites for hydroxylation is 1. The Kier molecular flexibility index (Phi) is 2.50. The molecule has 0 fully saturated rings. The molecule has 1 aromatic carbocycles. The molecule has 0 saturated carbocycles. The SMILES string of the molecule is COC1CCc2ccc(F)c(F)c2C1. The zero-order valence-electron chi connectivity index (χ0n) is 8.02. The first-order valence-corrected chi connectivity index (χ1v) is 4.71. The fourth-order valence-corrected chi connectivity index (χ4v) is 1.93. The number of hydrogen-bond acceptors (Lipinski definition) is 1. The van der Waals surface area contributed by atoms with Gasteiger partial charge < -0.3 is 4.74 Å². The molecule has 3 heteroatoms. The molecule has 0 spiro atoms. The minimum atomic E-state index is -0.763. The smallest absolute Gasteiger partial charge is 0.162 e. The third-order valence-electron chi connectivity index (χ3n) is 2.79. The lowest BCUT2D eigenvalue weighted by Crippen LogP contribution is -2.22. The van der Waals surface area contributed by atoms with Gasteiger partial charge in [0.15, 0.2) is 11.6 Å². The molecule has 0 heterocycles. The van der Waals surface area contributed by atoms with Crippen molar-refractivity contribution in [2.24, 2.45) is 0 Å². The molecule has 2 rings (SSSR count). The molecule has 1 aliphatic rings. The number of hydrogen-bond donors (Lipinski definition) is 0. The van der Waals surface area contributed by atoms with E-state index < -0.39 is 11.6 Å². The molecular weight excluding hydrogens is 186 g/mol. The van der Waals surface area contributed by atoms with E-state index in [-0.39, 0.29) is 6.10 Å². The molecule has 1 unspecified atom stereocenters. The van der Waals surface area contributed by atoms with Crippen LogP contribution < -0.4 is 0 Å². The first kappa shape index (κ1) is 9.59. The highest BCUT2D eigenvalue weighted by atomic mass is 19.2. The van der Waals surface area contributed by atoms with Crippen molar-refractivity contribution in [3.05, 3.63) is 34.9 Å². The van der Waals surface area contributed by atoms with Gasteiger partial charge in [-0.25, -0.2) is 8.78 Å². The maximum atomic E-state index is 13.4. The molecule has 0 bridgehead atoms. The second-order valence-electron chi connectivity index (χ2n) is 3.60. The second-order valence-corrected chi connectivity index (χ2v) is 3.60. The number of halogens is 2. The Morgan fingerprint density at radius 1 is 1.36 bits per heavy atom. The van der Waals surface area contributed by atoms with E-state index in [0.29, 0.717) is 12.0 Å². The summed E-state index contributed by atoms with van der Waals surface area (Å²) in [5.41, 5.74) is 1.40. The van der Waals surface area contributed by atoms with Crippen LogP contribution >= 0.6 is 0 Å². The maximum Gasteiger partial charge on any atom is 0.162 e. The largest absolute Gasteiger partial charge is 0.381 e. The summed E-state index contributed by atoms with van der Waals surface area (Å²) in [5, 5.41) is 0. The Morgan fingerprint density at radius 3 is 2.86 bits per heavy atom. The fraction of sp³-hybridized carbons (Fsp3) is 0.455. The molecule has 1 atom stereocenters. The topological polar surface area (TPSA) is 9.23 Å². The predicted molar refractivity (Wildman–Crippen MR) is 49.2 cm³/mol. The zero-order chi connectivity index (χ0) is 10.1. The van der Waals surface area contributed by atoms with Crippen LogP contribution in [0.2, 0.25) is 0 Å². The molecule has 0 aliphatic heterocycles. The standard InChI is InChI=1S/C11H12F2O/c1-14-8-4-2-7-3-5-10(12)11(13)9(7)6-8/h3,5,8H,2,4,6H2,1H3. The van der Waals surface area contributed by atoms with E-state index in [4.69, 9.17) is 4.74 Å². The summed E-state index contributed by atoms with van der Waals surface area (Å²) in [4.78, 5) is 0. The van der Waals surface area contributed by atoms with Gasteiger partial charge in [0.1, 0.15) is 0 Å². The van der Waals surface area contributed by atoms with Crippen molar-refractivity contribution in [3.8, 4) is 0 Å². The van der Waals surface area contributed by atoms with Crippen LogP contribution in [0.25, 0.3) is 0 Å². The number of benzene rings is 1. The van der Waals surface area contributed by atoms with Gasteiger partial charge in [0.05, 0.1) is 6.10 Å². The summed E-state index contributed by atoms with van der Waals surface area (Å²) < 4.78 is 31.4. The Labute approximate surface area is 81.7 Å². The molecular formula is C11H12F2O. The fourth-order valence-electron chi connectivity index (χ4n) is 1.93. The average molecular weight is 198 g/mol. The van der Waals surface area contributed by atoms with E-state index in [1.165, 1.54) is 6.07 Å². The third kappa shape index (κ3) is 1.52. The summed E-state index contributed by atoms with van der Waals surface area (Å²) >= 11 is 0. The summed E-state index contributed by atoms with van der Waals surface area (Å²) in [7, 11) is 1.60. The quantitative estimate of drug-likeness (QED) is 0.673. The van der Waals surface area contributed by atoms with Gasteiger partial charge in [-0.1, -0.05) is 6.07 Å². The van der Waals surface area contributed by atoms with Crippen molar-refractivity contribution in [2.75, 3.05) is 7.11 Å². The number of ether oxygens (including phenoxy) is 1. The third-order valence-corrected chi connectivity index (χ3v) is 2.79. The highest BCUT2D eigenvalue weighted by Gasteiger charge is 2.22. The highest BCUT2D eigenvalue weighted by Crippen LogP contribution is 2.26. The van der Waals surface area contributed by atoms with Crippen LogP contribution in [-0.2, 0) is 17.6 Å². The zero-order valence-corrected chi connectivity index (χ0v) is 8.02. The van der Waals surface area contributed by atoms with Gasteiger partial charge in [0, 0.05) is 13.5 Å². The number of fused-ring (bicyclic) bond motifs is 1. The minimum absolute atomic E-state index is 0.0267. The normalized spacial score (nSPS) is 20.6. The average Bonchev–Trinajstić information content (AvgIpc) is 2.23. The molecule has 0 aromatic heterocycles. The first-order chi connectivity index (χ1) is 6.72. The summed E-state index contributed by atoms with van der Waals surface area (Å²) in [6.45, 7) is 0. The number of methoxy groups -OCH3 is 1. The van der Waals surface area contributed by atoms with Crippen LogP contribution in [0.4, 0.5) is 8.78 Å². The van der Waals surface area contributed by atoms with Crippen molar-refractivity contribution in [1.29, 1.82) is 0 Å². The minimum Gasteiger partial charge on any atom is -0.381 e. The van der Waals surface area contributed by atoms with Gasteiger partial charge in [-0.05, 0) is 30.0 Å². The van der Waals surface area contributed by atoms with Crippen LogP contribution in [0.5, 0.6) is 0 Å². The van der Waals surface area contributed by atoms with E-state index >= 15 is 0 Å². The molecule has 0 saturated heterocycles. The molecule has 1 aromatic rings. The van der Waals surface area contributed by atoms with E-state index in [1.54, 1.807) is 13.2 Å². The van der Waals surface area contributed by atoms with Gasteiger partial charge in [-0.15, -0.1) is 0 Å². The van der Waals surface area contributed by atoms with Gasteiger partial charge >= 0.3 is 0 Å². The maximum absolute atomic E-state index is 13.4. The molecule has 1 aliphatic carbocycles. The van der Waals surface area contributed by atoms with E-state index in [0.717, 1.165) is 18.4 Å². The van der Waals surface area contributed by atoms with Gasteiger partial charge in [0.2, 0.25) is 0 Å². The van der Waals surface area contributed by atoms with Crippen LogP contribution in [0.3, 0.4) is 0 Å². The molecule has 1 nitrogen and oxygen atoms in total. The Hall–Kier alpha value is -0.960. The Bertz CT molecular complexity index is 349. The van der Waals surface area contributed by atoms with Gasteiger partial charge in [-0.3, -0.25) is 0 Å². The predicted octanol–water partition coefficient (Wildman–Crippen LogP) is 2.47. The first-order valence-electron chi connectivity index (χ1n) is 4.71. The van der Waals surface area contributed by atoms with Crippen molar-refractivity contribution in [3.63, 3.8) is 0 Å². The summed E-state index contributed by atoms with van der Waals surface area (Å²) in [6, 6.07) is 2.86. The van der Waals surface area contributed by atoms with Gasteiger partial charge in [0.25, 0.3) is 0 Å². The molecule has 0 N–H and O–H groups in total. The lowest BCUT2D eigenvalue weighted by atomic mass is 9.89. The molecule has 0 amide bonds. The van der Waals surface area contributed by atoms with E-state index in [1.807, 2.05) is 0 Å². The highest BCUT2D eigenvalue weighted by molar-refractivity contribution is 5.32. The lowest BCUT2D eigenvalue weighted by molar-refractivity contribution is 0.0899. The van der Waals surface area contributed by atoms with Crippen LogP contribution in [-0.4, -0.2) is 13.2 Å². The monoisotopic (exact) mass is 198 g/mol. The van der Waals surface area contributed by atoms with Crippen LogP contribution in [0.1, 0.15) is 17.5 Å². The molecule has 0 radical (unpaired) electrons. The summed E-state index contributed by atoms with van der Waals surface area (Å²) in [6.07, 6.45) is 2.16. The van der Waals surface area contributed by atoms with E-state index in [9.17, 15) is 8.78 Å². The van der Waals surface area contributed by atoms with Crippen LogP contribution in [0.15, 0.2) is 12.1 Å². The van der Waals surface area contributed by atoms with Crippen molar-refractivity contribution in [2.45, 2.75) is 25.4 Å². The lowest BCUT2D eigenvalue weighted by Gasteiger charge is -2.23. The number of rotatable bonds is 1.